The average Bonchev–Trinajstić information content (AvgIpc) is 2.10. The first-order chi connectivity index (χ1) is 6.25. The first-order valence-corrected chi connectivity index (χ1v) is 4.46. The summed E-state index contributed by atoms with van der Waals surface area (Å²) in [5, 5.41) is 0.371. The maximum atomic E-state index is 5.81. The first-order valence-electron chi connectivity index (χ1n) is 4.08. The number of nitrogens with two attached hydrogens (primary N) is 1. The van der Waals surface area contributed by atoms with Crippen molar-refractivity contribution in [1.29, 1.82) is 0 Å². The molecule has 0 aliphatic carbocycles. The van der Waals surface area contributed by atoms with Gasteiger partial charge in [0.05, 0.1) is 0 Å². The van der Waals surface area contributed by atoms with Gasteiger partial charge in [-0.3, -0.25) is 0 Å². The van der Waals surface area contributed by atoms with E-state index in [2.05, 4.69) is 21.9 Å². The Morgan fingerprint density at radius 3 is 3.00 bits per heavy atom. The predicted octanol–water partition coefficient (Wildman–Crippen LogP) is -0.378. The van der Waals surface area contributed by atoms with Crippen molar-refractivity contribution in [3.8, 4) is 0 Å². The van der Waals surface area contributed by atoms with Crippen molar-refractivity contribution in [3.05, 3.63) is 17.0 Å². The maximum Gasteiger partial charge on any atom is 0.175 e. The van der Waals surface area contributed by atoms with Crippen LogP contribution in [0.4, 0.5) is 5.82 Å². The molecule has 0 aromatic carbocycles. The van der Waals surface area contributed by atoms with Crippen molar-refractivity contribution >= 4 is 23.6 Å². The highest BCUT2D eigenvalue weighted by Crippen LogP contribution is 2.12. The lowest BCUT2D eigenvalue weighted by Gasteiger charge is -1.96. The van der Waals surface area contributed by atoms with Crippen LogP contribution in [0.5, 0.6) is 0 Å². The van der Waals surface area contributed by atoms with Crippen molar-refractivity contribution in [3.63, 3.8) is 0 Å². The second-order valence-electron chi connectivity index (χ2n) is 2.56. The summed E-state index contributed by atoms with van der Waals surface area (Å²) in [5.74, 6) is 0.392. The molecule has 4 nitrogen and oxygen atoms in total. The molecule has 1 rings (SSSR count). The highest BCUT2D eigenvalue weighted by Gasteiger charge is 2.06. The number of nitrogens with zero attached hydrogens (tertiary/aromatic N) is 2. The number of anilines is 1. The molecule has 0 aliphatic heterocycles. The van der Waals surface area contributed by atoms with Gasteiger partial charge in [-0.2, -0.15) is 0 Å². The number of aromatic nitrogens is 2. The van der Waals surface area contributed by atoms with Crippen LogP contribution in [0.3, 0.4) is 0 Å². The molecule has 0 saturated carbocycles. The molecule has 1 heterocycles. The quantitative estimate of drug-likeness (QED) is 0.515. The Morgan fingerprint density at radius 1 is 1.62 bits per heavy atom. The average molecular weight is 200 g/mol. The largest absolute Gasteiger partial charge is 0.383 e. The number of hydrogen-bond acceptors (Lipinski definition) is 3. The number of nitrogen functional groups attached to an aromatic ring is 1. The Morgan fingerprint density at radius 2 is 2.38 bits per heavy atom. The van der Waals surface area contributed by atoms with Gasteiger partial charge in [-0.05, 0) is 0 Å². The molecule has 0 bridgehead atoms. The van der Waals surface area contributed by atoms with Crippen molar-refractivity contribution in [1.82, 2.24) is 9.97 Å². The third kappa shape index (κ3) is 2.66. The van der Waals surface area contributed by atoms with E-state index in [1.807, 2.05) is 0 Å². The van der Waals surface area contributed by atoms with Crippen LogP contribution in [0.2, 0.25) is 5.15 Å². The summed E-state index contributed by atoms with van der Waals surface area (Å²) in [6.07, 6.45) is 4.12. The molecule has 0 spiro atoms. The summed E-state index contributed by atoms with van der Waals surface area (Å²) in [5.41, 5.74) is 6.25. The SMILES string of the molecule is CCC[NH+]=Cc1c(N)ncnc1Cl. The number of halogens is 1. The Hall–Kier alpha value is -1.16. The normalized spacial score (nSPS) is 10.9. The van der Waals surface area contributed by atoms with Crippen LogP contribution in [0.25, 0.3) is 0 Å². The Balaban J connectivity index is 2.87. The molecule has 0 amide bonds. The standard InChI is InChI=1S/C8H11ClN4/c1-2-3-11-4-6-7(9)12-5-13-8(6)10/h4-5H,2-3H2,1H3,(H2,10,12,13)/p+1. The molecule has 0 aliphatic rings. The van der Waals surface area contributed by atoms with E-state index in [4.69, 9.17) is 17.3 Å². The van der Waals surface area contributed by atoms with E-state index in [-0.39, 0.29) is 0 Å². The van der Waals surface area contributed by atoms with Gasteiger partial charge < -0.3 is 5.73 Å². The lowest BCUT2D eigenvalue weighted by atomic mass is 10.3. The van der Waals surface area contributed by atoms with Crippen LogP contribution in [0, 0.1) is 0 Å². The summed E-state index contributed by atoms with van der Waals surface area (Å²) in [6, 6.07) is 0. The smallest absolute Gasteiger partial charge is 0.175 e. The van der Waals surface area contributed by atoms with Gasteiger partial charge in [-0.1, -0.05) is 18.5 Å². The van der Waals surface area contributed by atoms with E-state index in [9.17, 15) is 0 Å². The molecule has 13 heavy (non-hydrogen) atoms. The van der Waals surface area contributed by atoms with Crippen molar-refractivity contribution in [2.24, 2.45) is 0 Å². The fraction of sp³-hybridized carbons (Fsp3) is 0.375. The second kappa shape index (κ2) is 4.77. The van der Waals surface area contributed by atoms with E-state index in [0.717, 1.165) is 13.0 Å². The molecule has 70 valence electrons. The molecule has 0 atom stereocenters. The molecule has 0 saturated heterocycles. The summed E-state index contributed by atoms with van der Waals surface area (Å²) < 4.78 is 0. The second-order valence-corrected chi connectivity index (χ2v) is 2.92. The lowest BCUT2D eigenvalue weighted by molar-refractivity contribution is -0.451. The van der Waals surface area contributed by atoms with E-state index < -0.39 is 0 Å². The number of hydrogen-bond donors (Lipinski definition) is 2. The van der Waals surface area contributed by atoms with E-state index in [0.29, 0.717) is 16.5 Å². The third-order valence-electron chi connectivity index (χ3n) is 1.51. The predicted molar refractivity (Wildman–Crippen MR) is 52.7 cm³/mol. The van der Waals surface area contributed by atoms with Crippen LogP contribution < -0.4 is 10.7 Å². The third-order valence-corrected chi connectivity index (χ3v) is 1.81. The molecule has 1 aromatic heterocycles. The topological polar surface area (TPSA) is 65.8 Å². The minimum atomic E-state index is 0.371. The number of nitrogens with one attached hydrogen (secondary N) is 1. The molecule has 1 aromatic rings. The van der Waals surface area contributed by atoms with E-state index in [1.54, 1.807) is 6.21 Å². The van der Waals surface area contributed by atoms with Gasteiger partial charge in [-0.25, -0.2) is 15.0 Å². The highest BCUT2D eigenvalue weighted by molar-refractivity contribution is 6.32. The highest BCUT2D eigenvalue weighted by atomic mass is 35.5. The molecule has 0 unspecified atom stereocenters. The first kappa shape index (κ1) is 9.92. The molecular weight excluding hydrogens is 188 g/mol. The van der Waals surface area contributed by atoms with Crippen LogP contribution in [-0.2, 0) is 0 Å². The van der Waals surface area contributed by atoms with Crippen LogP contribution in [0.15, 0.2) is 6.33 Å². The number of rotatable bonds is 3. The monoisotopic (exact) mass is 199 g/mol. The van der Waals surface area contributed by atoms with E-state index >= 15 is 0 Å². The summed E-state index contributed by atoms with van der Waals surface area (Å²) in [6.45, 7) is 2.96. The van der Waals surface area contributed by atoms with Crippen molar-refractivity contribution in [2.45, 2.75) is 13.3 Å². The molecular formula is C8H12ClN4+. The Labute approximate surface area is 81.9 Å². The van der Waals surface area contributed by atoms with Crippen molar-refractivity contribution in [2.75, 3.05) is 12.3 Å². The lowest BCUT2D eigenvalue weighted by Crippen LogP contribution is -2.69. The summed E-state index contributed by atoms with van der Waals surface area (Å²) in [4.78, 5) is 10.7. The minimum absolute atomic E-state index is 0.371. The minimum Gasteiger partial charge on any atom is -0.383 e. The maximum absolute atomic E-state index is 5.81. The summed E-state index contributed by atoms with van der Waals surface area (Å²) in [7, 11) is 0. The fourth-order valence-corrected chi connectivity index (χ4v) is 1.03. The van der Waals surface area contributed by atoms with Crippen LogP contribution in [0.1, 0.15) is 18.9 Å². The van der Waals surface area contributed by atoms with Gasteiger partial charge in [-0.15, -0.1) is 0 Å². The van der Waals surface area contributed by atoms with Gasteiger partial charge in [0.2, 0.25) is 0 Å². The Kier molecular flexibility index (Phi) is 3.64. The Bertz CT molecular complexity index is 291. The molecule has 0 fully saturated rings. The van der Waals surface area contributed by atoms with Gasteiger partial charge in [0.1, 0.15) is 29.4 Å². The zero-order chi connectivity index (χ0) is 9.68. The molecule has 5 heteroatoms. The van der Waals surface area contributed by atoms with Crippen LogP contribution in [-0.4, -0.2) is 22.7 Å². The van der Waals surface area contributed by atoms with Gasteiger partial charge in [0, 0.05) is 6.42 Å². The van der Waals surface area contributed by atoms with Crippen LogP contribution >= 0.6 is 11.6 Å². The zero-order valence-corrected chi connectivity index (χ0v) is 8.17. The molecule has 3 N–H and O–H groups in total. The summed E-state index contributed by atoms with van der Waals surface area (Å²) >= 11 is 5.81. The van der Waals surface area contributed by atoms with Gasteiger partial charge in [0.25, 0.3) is 0 Å². The van der Waals surface area contributed by atoms with Gasteiger partial charge in [0.15, 0.2) is 6.21 Å². The van der Waals surface area contributed by atoms with E-state index in [1.165, 1.54) is 6.33 Å². The van der Waals surface area contributed by atoms with Crippen molar-refractivity contribution < 1.29 is 4.99 Å². The fourth-order valence-electron chi connectivity index (χ4n) is 0.839. The molecule has 0 radical (unpaired) electrons. The zero-order valence-electron chi connectivity index (χ0n) is 7.42. The van der Waals surface area contributed by atoms with Gasteiger partial charge >= 0.3 is 0 Å².